The summed E-state index contributed by atoms with van der Waals surface area (Å²) in [4.78, 5) is 21.3. The first kappa shape index (κ1) is 22.1. The SMILES string of the molecule is CC1COCCN1c1nc(-c2cnc(N)cc2C(F)F)nc(N2/C(=C/O)COCC2C)n1. The molecule has 2 aliphatic rings. The Hall–Kier alpha value is -3.12. The lowest BCUT2D eigenvalue weighted by Crippen LogP contribution is -2.46. The highest BCUT2D eigenvalue weighted by Crippen LogP contribution is 2.33. The van der Waals surface area contributed by atoms with Crippen molar-refractivity contribution in [1.29, 1.82) is 0 Å². The van der Waals surface area contributed by atoms with Crippen molar-refractivity contribution in [2.75, 3.05) is 48.5 Å². The molecule has 0 aliphatic carbocycles. The fourth-order valence-electron chi connectivity index (χ4n) is 3.78. The summed E-state index contributed by atoms with van der Waals surface area (Å²) in [6.45, 7) is 5.91. The minimum atomic E-state index is -2.79. The normalized spacial score (nSPS) is 23.2. The number of nitrogens with two attached hydrogens (primary N) is 1. The number of halogens is 2. The first-order chi connectivity index (χ1) is 15.4. The Kier molecular flexibility index (Phi) is 6.33. The zero-order valence-corrected chi connectivity index (χ0v) is 17.8. The molecule has 0 saturated carbocycles. The number of ether oxygens (including phenoxy) is 2. The highest BCUT2D eigenvalue weighted by molar-refractivity contribution is 5.65. The zero-order chi connectivity index (χ0) is 22.8. The van der Waals surface area contributed by atoms with Crippen LogP contribution in [0.4, 0.5) is 26.5 Å². The van der Waals surface area contributed by atoms with Crippen LogP contribution in [0.5, 0.6) is 0 Å². The summed E-state index contributed by atoms with van der Waals surface area (Å²) in [6, 6.07) is 0.893. The van der Waals surface area contributed by atoms with E-state index in [0.717, 1.165) is 12.3 Å². The van der Waals surface area contributed by atoms with Crippen LogP contribution >= 0.6 is 0 Å². The summed E-state index contributed by atoms with van der Waals surface area (Å²) < 4.78 is 38.6. The van der Waals surface area contributed by atoms with Gasteiger partial charge < -0.3 is 30.1 Å². The summed E-state index contributed by atoms with van der Waals surface area (Å²) in [6.07, 6.45) is -0.615. The number of nitrogen functional groups attached to an aromatic ring is 1. The van der Waals surface area contributed by atoms with E-state index in [-0.39, 0.29) is 47.4 Å². The molecular weight excluding hydrogens is 424 g/mol. The summed E-state index contributed by atoms with van der Waals surface area (Å²) in [5, 5.41) is 9.73. The summed E-state index contributed by atoms with van der Waals surface area (Å²) in [7, 11) is 0. The number of pyridine rings is 1. The van der Waals surface area contributed by atoms with E-state index in [1.165, 1.54) is 6.20 Å². The molecule has 2 atom stereocenters. The fraction of sp³-hybridized carbons (Fsp3) is 0.500. The van der Waals surface area contributed by atoms with Crippen LogP contribution in [0.3, 0.4) is 0 Å². The predicted molar refractivity (Wildman–Crippen MR) is 114 cm³/mol. The van der Waals surface area contributed by atoms with Crippen LogP contribution in [-0.2, 0) is 9.47 Å². The van der Waals surface area contributed by atoms with Gasteiger partial charge in [0, 0.05) is 23.9 Å². The molecule has 2 aliphatic heterocycles. The molecule has 12 heteroatoms. The van der Waals surface area contributed by atoms with E-state index < -0.39 is 6.43 Å². The third kappa shape index (κ3) is 4.28. The Morgan fingerprint density at radius 1 is 1.16 bits per heavy atom. The average molecular weight is 449 g/mol. The summed E-state index contributed by atoms with van der Waals surface area (Å²) >= 11 is 0. The smallest absolute Gasteiger partial charge is 0.264 e. The number of aliphatic hydroxyl groups excluding tert-OH is 1. The molecule has 2 aromatic rings. The monoisotopic (exact) mass is 449 g/mol. The van der Waals surface area contributed by atoms with Crippen molar-refractivity contribution >= 4 is 17.7 Å². The molecular formula is C20H25F2N7O3. The van der Waals surface area contributed by atoms with Gasteiger partial charge in [-0.15, -0.1) is 0 Å². The highest BCUT2D eigenvalue weighted by atomic mass is 19.3. The van der Waals surface area contributed by atoms with Crippen molar-refractivity contribution in [3.05, 3.63) is 29.8 Å². The molecule has 4 heterocycles. The van der Waals surface area contributed by atoms with Gasteiger partial charge in [0.05, 0.1) is 44.2 Å². The number of alkyl halides is 2. The van der Waals surface area contributed by atoms with Gasteiger partial charge in [-0.05, 0) is 19.9 Å². The molecule has 0 bridgehead atoms. The van der Waals surface area contributed by atoms with Crippen LogP contribution in [0.15, 0.2) is 24.2 Å². The number of hydrogen-bond acceptors (Lipinski definition) is 10. The van der Waals surface area contributed by atoms with Crippen molar-refractivity contribution in [1.82, 2.24) is 19.9 Å². The highest BCUT2D eigenvalue weighted by Gasteiger charge is 2.30. The first-order valence-corrected chi connectivity index (χ1v) is 10.2. The standard InChI is InChI=1S/C20H25F2N7O3/c1-11-8-31-4-3-28(11)19-25-18(15-6-24-16(23)5-14(15)17(21)22)26-20(27-19)29-12(2)9-32-10-13(29)7-30/h5-7,11-12,17,30H,3-4,8-10H2,1-2H3,(H2,23,24)/b13-7+. The molecule has 172 valence electrons. The zero-order valence-electron chi connectivity index (χ0n) is 17.8. The van der Waals surface area contributed by atoms with E-state index in [9.17, 15) is 13.9 Å². The van der Waals surface area contributed by atoms with Crippen LogP contribution in [0.2, 0.25) is 0 Å². The molecule has 0 spiro atoms. The van der Waals surface area contributed by atoms with E-state index in [0.29, 0.717) is 38.0 Å². The summed E-state index contributed by atoms with van der Waals surface area (Å²) in [5.74, 6) is 0.570. The van der Waals surface area contributed by atoms with Gasteiger partial charge in [-0.25, -0.2) is 13.8 Å². The van der Waals surface area contributed by atoms with Gasteiger partial charge in [0.2, 0.25) is 11.9 Å². The minimum absolute atomic E-state index is 0.0207. The maximum absolute atomic E-state index is 13.8. The number of aromatic nitrogens is 4. The molecule has 2 unspecified atom stereocenters. The quantitative estimate of drug-likeness (QED) is 0.672. The van der Waals surface area contributed by atoms with Crippen LogP contribution < -0.4 is 15.5 Å². The van der Waals surface area contributed by atoms with Crippen LogP contribution in [0, 0.1) is 0 Å². The van der Waals surface area contributed by atoms with E-state index >= 15 is 0 Å². The second-order valence-electron chi connectivity index (χ2n) is 7.73. The molecule has 0 aromatic carbocycles. The Morgan fingerprint density at radius 3 is 2.62 bits per heavy atom. The number of nitrogens with zero attached hydrogens (tertiary/aromatic N) is 6. The van der Waals surface area contributed by atoms with Gasteiger partial charge >= 0.3 is 0 Å². The molecule has 0 radical (unpaired) electrons. The van der Waals surface area contributed by atoms with Gasteiger partial charge in [-0.1, -0.05) is 0 Å². The Labute approximate surface area is 183 Å². The summed E-state index contributed by atoms with van der Waals surface area (Å²) in [5.41, 5.74) is 5.83. The third-order valence-electron chi connectivity index (χ3n) is 5.39. The molecule has 3 N–H and O–H groups in total. The van der Waals surface area contributed by atoms with E-state index in [4.69, 9.17) is 15.2 Å². The lowest BCUT2D eigenvalue weighted by atomic mass is 10.1. The second-order valence-corrected chi connectivity index (χ2v) is 7.73. The Bertz CT molecular complexity index is 1010. The van der Waals surface area contributed by atoms with Gasteiger partial charge in [0.15, 0.2) is 5.82 Å². The lowest BCUT2D eigenvalue weighted by molar-refractivity contribution is 0.0980. The van der Waals surface area contributed by atoms with Crippen molar-refractivity contribution in [3.63, 3.8) is 0 Å². The number of anilines is 3. The first-order valence-electron chi connectivity index (χ1n) is 10.2. The maximum atomic E-state index is 13.8. The average Bonchev–Trinajstić information content (AvgIpc) is 2.78. The molecule has 0 amide bonds. The molecule has 2 saturated heterocycles. The van der Waals surface area contributed by atoms with Gasteiger partial charge in [-0.2, -0.15) is 15.0 Å². The van der Waals surface area contributed by atoms with Crippen LogP contribution in [-0.4, -0.2) is 70.1 Å². The largest absolute Gasteiger partial charge is 0.514 e. The number of aliphatic hydroxyl groups is 1. The van der Waals surface area contributed by atoms with E-state index in [1.54, 1.807) is 4.90 Å². The Balaban J connectivity index is 1.89. The van der Waals surface area contributed by atoms with Crippen LogP contribution in [0.1, 0.15) is 25.8 Å². The maximum Gasteiger partial charge on any atom is 0.264 e. The second kappa shape index (κ2) is 9.17. The minimum Gasteiger partial charge on any atom is -0.514 e. The number of morpholine rings is 2. The molecule has 2 aromatic heterocycles. The van der Waals surface area contributed by atoms with Crippen molar-refractivity contribution < 1.29 is 23.4 Å². The molecule has 4 rings (SSSR count). The van der Waals surface area contributed by atoms with Gasteiger partial charge in [-0.3, -0.25) is 0 Å². The molecule has 10 nitrogen and oxygen atoms in total. The third-order valence-corrected chi connectivity index (χ3v) is 5.39. The van der Waals surface area contributed by atoms with Crippen molar-refractivity contribution in [2.45, 2.75) is 32.4 Å². The van der Waals surface area contributed by atoms with E-state index in [2.05, 4.69) is 19.9 Å². The van der Waals surface area contributed by atoms with Crippen molar-refractivity contribution in [3.8, 4) is 11.4 Å². The molecule has 32 heavy (non-hydrogen) atoms. The van der Waals surface area contributed by atoms with Gasteiger partial charge in [0.1, 0.15) is 12.1 Å². The van der Waals surface area contributed by atoms with E-state index in [1.807, 2.05) is 18.7 Å². The van der Waals surface area contributed by atoms with Crippen LogP contribution in [0.25, 0.3) is 11.4 Å². The van der Waals surface area contributed by atoms with Crippen molar-refractivity contribution in [2.24, 2.45) is 0 Å². The Morgan fingerprint density at radius 2 is 1.91 bits per heavy atom. The number of hydrogen-bond donors (Lipinski definition) is 2. The molecule has 2 fully saturated rings. The topological polar surface area (TPSA) is 123 Å². The lowest BCUT2D eigenvalue weighted by Gasteiger charge is -2.37. The number of rotatable bonds is 4. The van der Waals surface area contributed by atoms with Gasteiger partial charge in [0.25, 0.3) is 6.43 Å². The fourth-order valence-corrected chi connectivity index (χ4v) is 3.78. The predicted octanol–water partition coefficient (Wildman–Crippen LogP) is 2.30.